The summed E-state index contributed by atoms with van der Waals surface area (Å²) in [6.45, 7) is 10.6. The maximum atomic E-state index is 13.1. The Bertz CT molecular complexity index is 711. The molecule has 0 radical (unpaired) electrons. The van der Waals surface area contributed by atoms with Crippen LogP contribution in [0.25, 0.3) is 0 Å². The Morgan fingerprint density at radius 1 is 1.21 bits per heavy atom. The number of nitrogens with one attached hydrogen (secondary N) is 2. The van der Waals surface area contributed by atoms with Crippen molar-refractivity contribution in [3.05, 3.63) is 12.2 Å². The van der Waals surface area contributed by atoms with E-state index >= 15 is 0 Å². The summed E-state index contributed by atoms with van der Waals surface area (Å²) in [6.07, 6.45) is 8.00. The molecule has 1 aliphatic heterocycles. The summed E-state index contributed by atoms with van der Waals surface area (Å²) in [5.41, 5.74) is -0.417. The maximum Gasteiger partial charge on any atom is 0.244 e. The van der Waals surface area contributed by atoms with Crippen molar-refractivity contribution >= 4 is 11.8 Å². The molecule has 8 atom stereocenters. The molecule has 5 heteroatoms. The normalized spacial score (nSPS) is 47.6. The molecule has 2 amide bonds. The van der Waals surface area contributed by atoms with E-state index in [1.165, 1.54) is 0 Å². The van der Waals surface area contributed by atoms with Crippen LogP contribution in [-0.2, 0) is 9.59 Å². The molecule has 0 aromatic heterocycles. The lowest BCUT2D eigenvalue weighted by molar-refractivity contribution is -0.141. The van der Waals surface area contributed by atoms with Crippen LogP contribution < -0.4 is 10.6 Å². The number of aliphatic hydroxyl groups is 1. The standard InChI is InChI=1S/C23H36N2O3/c1-21(2,3)25-20(28)16-7-6-14-13-12-17(26)19-23(5,11-9-18(27)24-19)15(13)8-10-22(14,16)4/h9,11,13-17,19,26H,6-8,10,12H2,1-5H3,(H,24,27)(H,25,28)/t13-,14-,15-,16+,17-,19+,22-,23+/m0/s1. The fourth-order valence-corrected chi connectivity index (χ4v) is 7.27. The van der Waals surface area contributed by atoms with Crippen molar-refractivity contribution in [3.8, 4) is 0 Å². The van der Waals surface area contributed by atoms with Gasteiger partial charge in [0.15, 0.2) is 0 Å². The first-order valence-electron chi connectivity index (χ1n) is 11.0. The lowest BCUT2D eigenvalue weighted by atomic mass is 9.47. The maximum absolute atomic E-state index is 13.1. The van der Waals surface area contributed by atoms with Crippen molar-refractivity contribution in [2.45, 2.75) is 84.4 Å². The molecule has 5 nitrogen and oxygen atoms in total. The summed E-state index contributed by atoms with van der Waals surface area (Å²) in [5.74, 6) is 1.46. The second-order valence-electron chi connectivity index (χ2n) is 11.3. The van der Waals surface area contributed by atoms with Crippen LogP contribution in [0.15, 0.2) is 12.2 Å². The SMILES string of the molecule is CC(C)(C)NC(=O)[C@H]1CC[C@H]2[C@@H]3C[C@H](O)[C@H]4NC(=O)C=C[C@]4(C)[C@H]3CC[C@]12C. The van der Waals surface area contributed by atoms with Gasteiger partial charge in [0.05, 0.1) is 12.1 Å². The van der Waals surface area contributed by atoms with Crippen LogP contribution in [-0.4, -0.2) is 34.6 Å². The molecule has 3 aliphatic carbocycles. The second-order valence-corrected chi connectivity index (χ2v) is 11.3. The van der Waals surface area contributed by atoms with Gasteiger partial charge in [-0.15, -0.1) is 0 Å². The molecule has 3 N–H and O–H groups in total. The van der Waals surface area contributed by atoms with E-state index in [9.17, 15) is 14.7 Å². The molecule has 0 bridgehead atoms. The average molecular weight is 389 g/mol. The van der Waals surface area contributed by atoms with Gasteiger partial charge >= 0.3 is 0 Å². The predicted molar refractivity (Wildman–Crippen MR) is 108 cm³/mol. The summed E-state index contributed by atoms with van der Waals surface area (Å²) in [4.78, 5) is 24.9. The number of hydrogen-bond acceptors (Lipinski definition) is 3. The molecule has 0 spiro atoms. The fraction of sp³-hybridized carbons (Fsp3) is 0.826. The smallest absolute Gasteiger partial charge is 0.244 e. The van der Waals surface area contributed by atoms with Crippen molar-refractivity contribution in [2.24, 2.45) is 34.5 Å². The first kappa shape index (κ1) is 19.9. The molecule has 4 aliphatic rings. The van der Waals surface area contributed by atoms with Crippen LogP contribution in [0.3, 0.4) is 0 Å². The van der Waals surface area contributed by atoms with Gasteiger partial charge in [-0.3, -0.25) is 9.59 Å². The average Bonchev–Trinajstić information content (AvgIpc) is 2.93. The van der Waals surface area contributed by atoms with E-state index in [-0.39, 0.29) is 40.1 Å². The van der Waals surface area contributed by atoms with Crippen LogP contribution in [0.2, 0.25) is 0 Å². The Labute approximate surface area is 168 Å². The number of carbonyl (C=O) groups is 2. The number of fused-ring (bicyclic) bond motifs is 5. The summed E-state index contributed by atoms with van der Waals surface area (Å²) >= 11 is 0. The van der Waals surface area contributed by atoms with Gasteiger partial charge in [0.2, 0.25) is 11.8 Å². The summed E-state index contributed by atoms with van der Waals surface area (Å²) in [6, 6.07) is -0.197. The fourth-order valence-electron chi connectivity index (χ4n) is 7.27. The highest BCUT2D eigenvalue weighted by Crippen LogP contribution is 2.65. The van der Waals surface area contributed by atoms with Crippen molar-refractivity contribution in [2.75, 3.05) is 0 Å². The third-order valence-electron chi connectivity index (χ3n) is 8.51. The molecule has 0 unspecified atom stereocenters. The minimum atomic E-state index is -0.523. The number of amides is 2. The first-order chi connectivity index (χ1) is 13.0. The van der Waals surface area contributed by atoms with E-state index in [2.05, 4.69) is 30.6 Å². The third kappa shape index (κ3) is 2.92. The minimum Gasteiger partial charge on any atom is -0.391 e. The van der Waals surface area contributed by atoms with E-state index < -0.39 is 6.10 Å². The van der Waals surface area contributed by atoms with Crippen LogP contribution >= 0.6 is 0 Å². The lowest BCUT2D eigenvalue weighted by Crippen LogP contribution is -2.64. The molecular weight excluding hydrogens is 352 g/mol. The van der Waals surface area contributed by atoms with E-state index in [1.807, 2.05) is 20.8 Å². The third-order valence-corrected chi connectivity index (χ3v) is 8.51. The highest BCUT2D eigenvalue weighted by molar-refractivity contribution is 5.89. The highest BCUT2D eigenvalue weighted by Gasteiger charge is 2.62. The number of aliphatic hydroxyl groups excluding tert-OH is 1. The van der Waals surface area contributed by atoms with E-state index in [0.717, 1.165) is 32.1 Å². The van der Waals surface area contributed by atoms with Gasteiger partial charge in [0.1, 0.15) is 0 Å². The minimum absolute atomic E-state index is 0.00104. The highest BCUT2D eigenvalue weighted by atomic mass is 16.3. The molecule has 0 aromatic carbocycles. The quantitative estimate of drug-likeness (QED) is 0.646. The van der Waals surface area contributed by atoms with Gasteiger partial charge in [-0.2, -0.15) is 0 Å². The lowest BCUT2D eigenvalue weighted by Gasteiger charge is -2.60. The zero-order valence-corrected chi connectivity index (χ0v) is 17.9. The van der Waals surface area contributed by atoms with E-state index in [0.29, 0.717) is 17.8 Å². The second kappa shape index (κ2) is 6.32. The molecule has 0 saturated heterocycles. The van der Waals surface area contributed by atoms with Crippen LogP contribution in [0.5, 0.6) is 0 Å². The Morgan fingerprint density at radius 3 is 2.61 bits per heavy atom. The Balaban J connectivity index is 1.61. The molecule has 3 saturated carbocycles. The van der Waals surface area contributed by atoms with Crippen LogP contribution in [0.1, 0.15) is 66.7 Å². The Morgan fingerprint density at radius 2 is 1.93 bits per heavy atom. The van der Waals surface area contributed by atoms with Gasteiger partial charge in [-0.25, -0.2) is 0 Å². The summed E-state index contributed by atoms with van der Waals surface area (Å²) < 4.78 is 0. The van der Waals surface area contributed by atoms with Crippen molar-refractivity contribution < 1.29 is 14.7 Å². The zero-order valence-electron chi connectivity index (χ0n) is 17.9. The molecule has 28 heavy (non-hydrogen) atoms. The number of carbonyl (C=O) groups excluding carboxylic acids is 2. The predicted octanol–water partition coefficient (Wildman–Crippen LogP) is 2.79. The molecule has 3 fully saturated rings. The van der Waals surface area contributed by atoms with Crippen LogP contribution in [0, 0.1) is 34.5 Å². The molecule has 4 rings (SSSR count). The number of rotatable bonds is 1. The summed E-state index contributed by atoms with van der Waals surface area (Å²) in [5, 5.41) is 17.2. The van der Waals surface area contributed by atoms with Gasteiger partial charge in [0.25, 0.3) is 0 Å². The largest absolute Gasteiger partial charge is 0.391 e. The van der Waals surface area contributed by atoms with Crippen molar-refractivity contribution in [1.82, 2.24) is 10.6 Å². The van der Waals surface area contributed by atoms with Gasteiger partial charge in [-0.1, -0.05) is 19.9 Å². The molecular formula is C23H36N2O3. The van der Waals surface area contributed by atoms with Crippen molar-refractivity contribution in [1.29, 1.82) is 0 Å². The van der Waals surface area contributed by atoms with E-state index in [4.69, 9.17) is 0 Å². The molecule has 156 valence electrons. The number of hydrogen-bond donors (Lipinski definition) is 3. The van der Waals surface area contributed by atoms with Crippen molar-refractivity contribution in [3.63, 3.8) is 0 Å². The topological polar surface area (TPSA) is 78.4 Å². The Kier molecular flexibility index (Phi) is 4.50. The van der Waals surface area contributed by atoms with Gasteiger partial charge in [0, 0.05) is 16.9 Å². The zero-order chi connectivity index (χ0) is 20.5. The monoisotopic (exact) mass is 388 g/mol. The first-order valence-corrected chi connectivity index (χ1v) is 11.0. The van der Waals surface area contributed by atoms with Crippen LogP contribution in [0.4, 0.5) is 0 Å². The van der Waals surface area contributed by atoms with Gasteiger partial charge in [-0.05, 0) is 82.1 Å². The summed E-state index contributed by atoms with van der Waals surface area (Å²) in [7, 11) is 0. The Hall–Kier alpha value is -1.36. The van der Waals surface area contributed by atoms with E-state index in [1.54, 1.807) is 6.08 Å². The van der Waals surface area contributed by atoms with Gasteiger partial charge < -0.3 is 15.7 Å². The molecule has 1 heterocycles. The molecule has 0 aromatic rings.